The molecule has 0 bridgehead atoms. The van der Waals surface area contributed by atoms with Crippen molar-refractivity contribution in [3.8, 4) is 23.0 Å². The molecular weight excluding hydrogens is 574 g/mol. The second-order valence-corrected chi connectivity index (χ2v) is 8.32. The zero-order chi connectivity index (χ0) is 24.7. The lowest BCUT2D eigenvalue weighted by Crippen LogP contribution is -2.18. The fraction of sp³-hybridized carbons (Fsp3) is 0.130. The predicted octanol–water partition coefficient (Wildman–Crippen LogP) is 4.62. The molecule has 0 unspecified atom stereocenters. The minimum Gasteiger partial charge on any atom is -0.493 e. The van der Waals surface area contributed by atoms with E-state index in [4.69, 9.17) is 18.9 Å². The van der Waals surface area contributed by atoms with Gasteiger partial charge in [-0.05, 0) is 52.3 Å². The van der Waals surface area contributed by atoms with Gasteiger partial charge in [-0.25, -0.2) is 10.2 Å². The Morgan fingerprint density at radius 1 is 0.971 bits per heavy atom. The van der Waals surface area contributed by atoms with Crippen LogP contribution in [0.1, 0.15) is 26.3 Å². The van der Waals surface area contributed by atoms with Crippen LogP contribution in [-0.2, 0) is 0 Å². The first kappa shape index (κ1) is 25.2. The molecule has 1 aromatic heterocycles. The molecule has 0 radical (unpaired) electrons. The van der Waals surface area contributed by atoms with Crippen LogP contribution in [0.4, 0.5) is 0 Å². The Kier molecular flexibility index (Phi) is 8.61. The zero-order valence-corrected chi connectivity index (χ0v) is 21.5. The lowest BCUT2D eigenvalue weighted by atomic mass is 10.1. The number of nitrogens with zero attached hydrogens (tertiary/aromatic N) is 2. The number of ether oxygens (including phenoxy) is 4. The summed E-state index contributed by atoms with van der Waals surface area (Å²) in [5.74, 6) is 0.0581. The highest BCUT2D eigenvalue weighted by atomic mass is 79.9. The van der Waals surface area contributed by atoms with E-state index in [1.807, 2.05) is 0 Å². The van der Waals surface area contributed by atoms with E-state index in [2.05, 4.69) is 47.4 Å². The summed E-state index contributed by atoms with van der Waals surface area (Å²) in [7, 11) is 4.37. The number of amides is 1. The molecule has 3 aromatic rings. The maximum Gasteiger partial charge on any atom is 0.343 e. The van der Waals surface area contributed by atoms with Crippen molar-refractivity contribution in [1.29, 1.82) is 0 Å². The zero-order valence-electron chi connectivity index (χ0n) is 18.3. The number of carbonyl (C=O) groups is 2. The number of pyridine rings is 1. The number of hydrogen-bond donors (Lipinski definition) is 1. The van der Waals surface area contributed by atoms with Crippen LogP contribution in [0.5, 0.6) is 23.0 Å². The molecule has 0 aliphatic carbocycles. The predicted molar refractivity (Wildman–Crippen MR) is 132 cm³/mol. The van der Waals surface area contributed by atoms with Gasteiger partial charge in [0.05, 0.1) is 43.1 Å². The highest BCUT2D eigenvalue weighted by Gasteiger charge is 2.20. The minimum absolute atomic E-state index is 0.178. The molecule has 0 fully saturated rings. The molecule has 0 aliphatic rings. The fourth-order valence-corrected chi connectivity index (χ4v) is 4.20. The van der Waals surface area contributed by atoms with E-state index in [9.17, 15) is 9.59 Å². The number of carbonyl (C=O) groups excluding carboxylic acids is 2. The number of hydrazone groups is 1. The molecule has 1 amide bonds. The molecular formula is C23H19Br2N3O6. The first-order valence-electron chi connectivity index (χ1n) is 9.62. The van der Waals surface area contributed by atoms with Crippen LogP contribution in [0.15, 0.2) is 62.8 Å². The van der Waals surface area contributed by atoms with Gasteiger partial charge in [-0.1, -0.05) is 15.9 Å². The van der Waals surface area contributed by atoms with Crippen LogP contribution in [0.25, 0.3) is 0 Å². The quantitative estimate of drug-likeness (QED) is 0.176. The molecule has 1 heterocycles. The number of rotatable bonds is 8. The minimum atomic E-state index is -0.670. The Hall–Kier alpha value is -3.44. The number of esters is 1. The number of benzene rings is 2. The maximum absolute atomic E-state index is 13.0. The normalized spacial score (nSPS) is 10.6. The summed E-state index contributed by atoms with van der Waals surface area (Å²) >= 11 is 6.80. The average Bonchev–Trinajstić information content (AvgIpc) is 2.85. The van der Waals surface area contributed by atoms with Gasteiger partial charge in [-0.3, -0.25) is 9.78 Å². The van der Waals surface area contributed by atoms with E-state index in [0.29, 0.717) is 37.3 Å². The third kappa shape index (κ3) is 5.91. The molecule has 9 nitrogen and oxygen atoms in total. The number of aromatic nitrogens is 1. The van der Waals surface area contributed by atoms with E-state index in [1.54, 1.807) is 30.5 Å². The van der Waals surface area contributed by atoms with Crippen molar-refractivity contribution in [2.24, 2.45) is 5.10 Å². The van der Waals surface area contributed by atoms with Crippen molar-refractivity contribution >= 4 is 50.0 Å². The highest BCUT2D eigenvalue weighted by Crippen LogP contribution is 2.39. The topological polar surface area (TPSA) is 108 Å². The summed E-state index contributed by atoms with van der Waals surface area (Å²) in [5.41, 5.74) is 3.37. The van der Waals surface area contributed by atoms with Gasteiger partial charge in [-0.15, -0.1) is 0 Å². The largest absolute Gasteiger partial charge is 0.493 e. The average molecular weight is 593 g/mol. The monoisotopic (exact) mass is 591 g/mol. The van der Waals surface area contributed by atoms with Crippen LogP contribution < -0.4 is 24.4 Å². The molecule has 0 aliphatic heterocycles. The van der Waals surface area contributed by atoms with Gasteiger partial charge < -0.3 is 18.9 Å². The van der Waals surface area contributed by atoms with Crippen molar-refractivity contribution in [1.82, 2.24) is 10.4 Å². The van der Waals surface area contributed by atoms with Crippen LogP contribution in [0.3, 0.4) is 0 Å². The number of methoxy groups -OCH3 is 3. The van der Waals surface area contributed by atoms with Gasteiger partial charge >= 0.3 is 5.97 Å². The van der Waals surface area contributed by atoms with E-state index >= 15 is 0 Å². The van der Waals surface area contributed by atoms with Gasteiger partial charge in [0.2, 0.25) is 5.75 Å². The van der Waals surface area contributed by atoms with Crippen molar-refractivity contribution in [3.63, 3.8) is 0 Å². The standard InChI is InChI=1S/C23H19Br2N3O6/c1-31-18-8-14(9-19(32-2)21(18)33-3)23(30)34-20-15(7-16(24)10-17(20)25)12-27-28-22(29)13-5-4-6-26-11-13/h4-12H,1-3H3,(H,28,29). The van der Waals surface area contributed by atoms with Gasteiger partial charge in [0.15, 0.2) is 17.2 Å². The van der Waals surface area contributed by atoms with Crippen molar-refractivity contribution < 1.29 is 28.5 Å². The summed E-state index contributed by atoms with van der Waals surface area (Å²) in [6.07, 6.45) is 4.35. The molecule has 1 N–H and O–H groups in total. The summed E-state index contributed by atoms with van der Waals surface area (Å²) < 4.78 is 22.7. The number of nitrogens with one attached hydrogen (secondary N) is 1. The van der Waals surface area contributed by atoms with E-state index in [-0.39, 0.29) is 11.3 Å². The van der Waals surface area contributed by atoms with Crippen molar-refractivity contribution in [2.75, 3.05) is 21.3 Å². The van der Waals surface area contributed by atoms with Gasteiger partial charge in [0.25, 0.3) is 5.91 Å². The second-order valence-electron chi connectivity index (χ2n) is 6.55. The van der Waals surface area contributed by atoms with Gasteiger partial charge in [-0.2, -0.15) is 5.10 Å². The Morgan fingerprint density at radius 3 is 2.26 bits per heavy atom. The van der Waals surface area contributed by atoms with Crippen LogP contribution in [0, 0.1) is 0 Å². The maximum atomic E-state index is 13.0. The Bertz CT molecular complexity index is 1210. The molecule has 176 valence electrons. The lowest BCUT2D eigenvalue weighted by molar-refractivity contribution is 0.0732. The van der Waals surface area contributed by atoms with Crippen LogP contribution in [-0.4, -0.2) is 44.4 Å². The molecule has 0 spiro atoms. The second kappa shape index (κ2) is 11.6. The first-order chi connectivity index (χ1) is 16.4. The van der Waals surface area contributed by atoms with Crippen molar-refractivity contribution in [2.45, 2.75) is 0 Å². The molecule has 34 heavy (non-hydrogen) atoms. The summed E-state index contributed by atoms with van der Waals surface area (Å²) in [6, 6.07) is 9.62. The number of hydrogen-bond acceptors (Lipinski definition) is 8. The summed E-state index contributed by atoms with van der Waals surface area (Å²) in [6.45, 7) is 0. The Labute approximate surface area is 212 Å². The van der Waals surface area contributed by atoms with Gasteiger partial charge in [0.1, 0.15) is 0 Å². The van der Waals surface area contributed by atoms with Crippen LogP contribution in [0.2, 0.25) is 0 Å². The number of halogens is 2. The van der Waals surface area contributed by atoms with Gasteiger partial charge in [0, 0.05) is 22.4 Å². The fourth-order valence-electron chi connectivity index (χ4n) is 2.86. The molecule has 0 saturated heterocycles. The SMILES string of the molecule is COc1cc(C(=O)Oc2c(Br)cc(Br)cc2C=NNC(=O)c2cccnc2)cc(OC)c1OC. The summed E-state index contributed by atoms with van der Waals surface area (Å²) in [5, 5.41) is 3.98. The molecule has 0 atom stereocenters. The Balaban J connectivity index is 1.88. The smallest absolute Gasteiger partial charge is 0.343 e. The van der Waals surface area contributed by atoms with E-state index in [0.717, 1.165) is 0 Å². The molecule has 2 aromatic carbocycles. The first-order valence-corrected chi connectivity index (χ1v) is 11.2. The Morgan fingerprint density at radius 2 is 1.68 bits per heavy atom. The van der Waals surface area contributed by atoms with E-state index in [1.165, 1.54) is 45.9 Å². The summed E-state index contributed by atoms with van der Waals surface area (Å²) in [4.78, 5) is 29.1. The molecule has 3 rings (SSSR count). The lowest BCUT2D eigenvalue weighted by Gasteiger charge is -2.15. The highest BCUT2D eigenvalue weighted by molar-refractivity contribution is 9.11. The third-order valence-corrected chi connectivity index (χ3v) is 5.47. The third-order valence-electron chi connectivity index (χ3n) is 4.43. The molecule has 0 saturated carbocycles. The molecule has 11 heteroatoms. The van der Waals surface area contributed by atoms with E-state index < -0.39 is 11.9 Å². The van der Waals surface area contributed by atoms with Crippen molar-refractivity contribution in [3.05, 3.63) is 74.4 Å². The van der Waals surface area contributed by atoms with Crippen LogP contribution >= 0.6 is 31.9 Å².